The van der Waals surface area contributed by atoms with E-state index in [0.717, 1.165) is 5.56 Å². The third kappa shape index (κ3) is 3.15. The van der Waals surface area contributed by atoms with Crippen LogP contribution in [0.15, 0.2) is 41.3 Å². The molecule has 1 aromatic carbocycles. The van der Waals surface area contributed by atoms with Crippen LogP contribution in [0.5, 0.6) is 0 Å². The number of nitrogens with one attached hydrogen (secondary N) is 1. The molecule has 17 heavy (non-hydrogen) atoms. The Bertz CT molecular complexity index is 510. The summed E-state index contributed by atoms with van der Waals surface area (Å²) in [5.41, 5.74) is 0.819. The smallest absolute Gasteiger partial charge is 0.247 e. The van der Waals surface area contributed by atoms with Gasteiger partial charge in [-0.25, -0.2) is 0 Å². The van der Waals surface area contributed by atoms with Crippen molar-refractivity contribution in [2.75, 3.05) is 6.54 Å². The van der Waals surface area contributed by atoms with Gasteiger partial charge in [-0.05, 0) is 18.2 Å². The van der Waals surface area contributed by atoms with E-state index in [2.05, 4.69) is 22.1 Å². The largest absolute Gasteiger partial charge is 0.419 e. The topological polar surface area (TPSA) is 51.0 Å². The molecule has 0 radical (unpaired) electrons. The summed E-state index contributed by atoms with van der Waals surface area (Å²) in [7, 11) is 0. The summed E-state index contributed by atoms with van der Waals surface area (Å²) in [6.07, 6.45) is 1.77. The van der Waals surface area contributed by atoms with Gasteiger partial charge in [-0.15, -0.1) is 16.8 Å². The summed E-state index contributed by atoms with van der Waals surface area (Å²) in [6.45, 7) is 4.84. The molecule has 0 atom stereocenters. The van der Waals surface area contributed by atoms with E-state index in [1.165, 1.54) is 0 Å². The molecule has 2 aromatic rings. The molecule has 4 nitrogen and oxygen atoms in total. The van der Waals surface area contributed by atoms with Crippen molar-refractivity contribution in [2.45, 2.75) is 6.54 Å². The first-order chi connectivity index (χ1) is 8.29. The highest BCUT2D eigenvalue weighted by Crippen LogP contribution is 2.21. The normalized spacial score (nSPS) is 10.4. The fraction of sp³-hybridized carbons (Fsp3) is 0.167. The van der Waals surface area contributed by atoms with E-state index in [0.29, 0.717) is 29.9 Å². The van der Waals surface area contributed by atoms with Crippen LogP contribution in [0.2, 0.25) is 5.02 Å². The maximum Gasteiger partial charge on any atom is 0.247 e. The van der Waals surface area contributed by atoms with E-state index in [9.17, 15) is 0 Å². The highest BCUT2D eigenvalue weighted by atomic mass is 35.5. The molecule has 0 fully saturated rings. The molecule has 0 aliphatic rings. The molecule has 2 rings (SSSR count). The molecular formula is C12H12ClN3O. The minimum absolute atomic E-state index is 0.475. The summed E-state index contributed by atoms with van der Waals surface area (Å²) in [4.78, 5) is 0. The second-order valence-electron chi connectivity index (χ2n) is 3.43. The highest BCUT2D eigenvalue weighted by molar-refractivity contribution is 6.30. The molecule has 1 heterocycles. The van der Waals surface area contributed by atoms with Crippen molar-refractivity contribution in [2.24, 2.45) is 0 Å². The summed E-state index contributed by atoms with van der Waals surface area (Å²) in [6, 6.07) is 7.31. The lowest BCUT2D eigenvalue weighted by Gasteiger charge is -1.96. The molecule has 88 valence electrons. The zero-order valence-electron chi connectivity index (χ0n) is 9.19. The Hall–Kier alpha value is -1.65. The van der Waals surface area contributed by atoms with Gasteiger partial charge in [-0.2, -0.15) is 0 Å². The lowest BCUT2D eigenvalue weighted by molar-refractivity contribution is 0.485. The highest BCUT2D eigenvalue weighted by Gasteiger charge is 2.07. The predicted octanol–water partition coefficient (Wildman–Crippen LogP) is 2.67. The van der Waals surface area contributed by atoms with Crippen LogP contribution in [0.3, 0.4) is 0 Å². The molecule has 0 saturated heterocycles. The monoisotopic (exact) mass is 249 g/mol. The van der Waals surface area contributed by atoms with E-state index in [4.69, 9.17) is 16.0 Å². The molecular weight excluding hydrogens is 238 g/mol. The van der Waals surface area contributed by atoms with Gasteiger partial charge in [0.15, 0.2) is 0 Å². The summed E-state index contributed by atoms with van der Waals surface area (Å²) in [5.74, 6) is 1.02. The standard InChI is InChI=1S/C12H12ClN3O/c1-2-6-14-8-11-15-16-12(17-11)9-4-3-5-10(13)7-9/h2-5,7,14H,1,6,8H2. The molecule has 0 aliphatic carbocycles. The van der Waals surface area contributed by atoms with Crippen LogP contribution in [0, 0.1) is 0 Å². The third-order valence-electron chi connectivity index (χ3n) is 2.10. The van der Waals surface area contributed by atoms with Crippen molar-refractivity contribution in [1.29, 1.82) is 0 Å². The van der Waals surface area contributed by atoms with Gasteiger partial charge in [0.25, 0.3) is 0 Å². The molecule has 0 bridgehead atoms. The van der Waals surface area contributed by atoms with Gasteiger partial charge in [-0.1, -0.05) is 23.7 Å². The Kier molecular flexibility index (Phi) is 3.90. The van der Waals surface area contributed by atoms with Gasteiger partial charge in [0.1, 0.15) is 0 Å². The van der Waals surface area contributed by atoms with Gasteiger partial charge in [0.05, 0.1) is 6.54 Å². The van der Waals surface area contributed by atoms with Gasteiger partial charge in [-0.3, -0.25) is 0 Å². The van der Waals surface area contributed by atoms with Crippen molar-refractivity contribution in [3.8, 4) is 11.5 Å². The summed E-state index contributed by atoms with van der Waals surface area (Å²) >= 11 is 5.89. The van der Waals surface area contributed by atoms with Crippen LogP contribution in [0.4, 0.5) is 0 Å². The molecule has 1 aromatic heterocycles. The average Bonchev–Trinajstić information content (AvgIpc) is 2.78. The zero-order chi connectivity index (χ0) is 12.1. The Morgan fingerprint density at radius 3 is 3.06 bits per heavy atom. The molecule has 0 saturated carbocycles. The molecule has 0 spiro atoms. The van der Waals surface area contributed by atoms with Gasteiger partial charge in [0.2, 0.25) is 11.8 Å². The van der Waals surface area contributed by atoms with E-state index >= 15 is 0 Å². The molecule has 0 unspecified atom stereocenters. The first kappa shape index (κ1) is 11.8. The van der Waals surface area contributed by atoms with Crippen LogP contribution >= 0.6 is 11.6 Å². The molecule has 1 N–H and O–H groups in total. The van der Waals surface area contributed by atoms with Gasteiger partial charge >= 0.3 is 0 Å². The van der Waals surface area contributed by atoms with Gasteiger partial charge < -0.3 is 9.73 Å². The first-order valence-electron chi connectivity index (χ1n) is 5.19. The van der Waals surface area contributed by atoms with Crippen LogP contribution < -0.4 is 5.32 Å². The maximum absolute atomic E-state index is 5.89. The lowest BCUT2D eigenvalue weighted by Crippen LogP contribution is -2.12. The summed E-state index contributed by atoms with van der Waals surface area (Å²) in [5, 5.41) is 11.6. The minimum Gasteiger partial charge on any atom is -0.419 e. The van der Waals surface area contributed by atoms with Gasteiger partial charge in [0, 0.05) is 17.1 Å². The average molecular weight is 250 g/mol. The predicted molar refractivity (Wildman–Crippen MR) is 66.6 cm³/mol. The van der Waals surface area contributed by atoms with Crippen LogP contribution in [-0.2, 0) is 6.54 Å². The number of benzene rings is 1. The molecule has 0 aliphatic heterocycles. The van der Waals surface area contributed by atoms with E-state index < -0.39 is 0 Å². The second kappa shape index (κ2) is 5.61. The molecule has 5 heteroatoms. The number of hydrogen-bond donors (Lipinski definition) is 1. The fourth-order valence-corrected chi connectivity index (χ4v) is 1.53. The zero-order valence-corrected chi connectivity index (χ0v) is 9.94. The van der Waals surface area contributed by atoms with Crippen molar-refractivity contribution in [3.63, 3.8) is 0 Å². The molecule has 0 amide bonds. The lowest BCUT2D eigenvalue weighted by atomic mass is 10.2. The maximum atomic E-state index is 5.89. The number of rotatable bonds is 5. The van der Waals surface area contributed by atoms with E-state index in [1.54, 1.807) is 18.2 Å². The number of nitrogens with zero attached hydrogens (tertiary/aromatic N) is 2. The summed E-state index contributed by atoms with van der Waals surface area (Å²) < 4.78 is 5.49. The Morgan fingerprint density at radius 2 is 2.29 bits per heavy atom. The first-order valence-corrected chi connectivity index (χ1v) is 5.57. The van der Waals surface area contributed by atoms with Crippen LogP contribution in [0.25, 0.3) is 11.5 Å². The number of hydrogen-bond acceptors (Lipinski definition) is 4. The van der Waals surface area contributed by atoms with Crippen LogP contribution in [0.1, 0.15) is 5.89 Å². The Balaban J connectivity index is 2.10. The van der Waals surface area contributed by atoms with Crippen molar-refractivity contribution >= 4 is 11.6 Å². The Labute approximate surface area is 104 Å². The quantitative estimate of drug-likeness (QED) is 0.654. The number of aromatic nitrogens is 2. The van der Waals surface area contributed by atoms with E-state index in [1.807, 2.05) is 12.1 Å². The second-order valence-corrected chi connectivity index (χ2v) is 3.87. The Morgan fingerprint density at radius 1 is 1.41 bits per heavy atom. The number of halogens is 1. The van der Waals surface area contributed by atoms with Crippen LogP contribution in [-0.4, -0.2) is 16.7 Å². The van der Waals surface area contributed by atoms with Crippen molar-refractivity contribution < 1.29 is 4.42 Å². The SMILES string of the molecule is C=CCNCc1nnc(-c2cccc(Cl)c2)o1. The fourth-order valence-electron chi connectivity index (χ4n) is 1.34. The van der Waals surface area contributed by atoms with E-state index in [-0.39, 0.29) is 0 Å². The van der Waals surface area contributed by atoms with Crippen molar-refractivity contribution in [1.82, 2.24) is 15.5 Å². The van der Waals surface area contributed by atoms with Crippen molar-refractivity contribution in [3.05, 3.63) is 47.8 Å². The minimum atomic E-state index is 0.475. The third-order valence-corrected chi connectivity index (χ3v) is 2.34.